The minimum absolute atomic E-state index is 0.0332. The molecule has 0 unspecified atom stereocenters. The van der Waals surface area contributed by atoms with Crippen molar-refractivity contribution < 1.29 is 23.9 Å². The third-order valence-corrected chi connectivity index (χ3v) is 11.1. The fraction of sp³-hybridized carbons (Fsp3) is 0.625. The number of β-lactam (4-membered cyclic amide) rings is 1. The van der Waals surface area contributed by atoms with Crippen LogP contribution in [0.25, 0.3) is 0 Å². The number of hydrogen-bond donors (Lipinski definition) is 2. The summed E-state index contributed by atoms with van der Waals surface area (Å²) in [7, 11) is -2.04. The first kappa shape index (κ1) is 26.1. The maximum Gasteiger partial charge on any atom is 0.412 e. The Morgan fingerprint density at radius 3 is 2.06 bits per heavy atom. The third kappa shape index (κ3) is 5.59. The summed E-state index contributed by atoms with van der Waals surface area (Å²) in [6, 6.07) is 6.31. The van der Waals surface area contributed by atoms with Crippen LogP contribution in [0.5, 0.6) is 0 Å². The summed E-state index contributed by atoms with van der Waals surface area (Å²) in [5.74, 6) is -0.522. The van der Waals surface area contributed by atoms with Gasteiger partial charge >= 0.3 is 6.09 Å². The summed E-state index contributed by atoms with van der Waals surface area (Å²) < 4.78 is 6.40. The second-order valence-corrected chi connectivity index (χ2v) is 15.9. The number of nitrogens with one attached hydrogen (secondary N) is 1. The molecule has 2 N–H and O–H groups in total. The molecule has 0 aliphatic carbocycles. The molecule has 2 rings (SSSR count). The lowest BCUT2D eigenvalue weighted by Gasteiger charge is -2.45. The molecule has 1 saturated heterocycles. The van der Waals surface area contributed by atoms with Crippen LogP contribution in [0.15, 0.2) is 24.3 Å². The van der Waals surface area contributed by atoms with Gasteiger partial charge < -0.3 is 14.8 Å². The molecule has 7 nitrogen and oxygen atoms in total. The number of nitrogens with zero attached hydrogens (tertiary/aromatic N) is 1. The summed E-state index contributed by atoms with van der Waals surface area (Å²) in [6.45, 7) is 18.1. The fourth-order valence-electron chi connectivity index (χ4n) is 3.79. The average molecular weight is 463 g/mol. The second kappa shape index (κ2) is 8.98. The molecule has 1 aromatic rings. The van der Waals surface area contributed by atoms with Crippen LogP contribution in [0.3, 0.4) is 0 Å². The number of rotatable bonds is 7. The van der Waals surface area contributed by atoms with Crippen LogP contribution in [0.2, 0.25) is 18.1 Å². The molecule has 178 valence electrons. The van der Waals surface area contributed by atoms with Crippen molar-refractivity contribution in [2.75, 3.05) is 4.90 Å². The van der Waals surface area contributed by atoms with Gasteiger partial charge in [0.2, 0.25) is 5.91 Å². The summed E-state index contributed by atoms with van der Waals surface area (Å²) in [6.07, 6.45) is -1.13. The lowest BCUT2D eigenvalue weighted by atomic mass is 9.82. The van der Waals surface area contributed by atoms with Gasteiger partial charge in [-0.2, -0.15) is 0 Å². The summed E-state index contributed by atoms with van der Waals surface area (Å²) >= 11 is 0. The maximum absolute atomic E-state index is 12.9. The number of carbonyl (C=O) groups is 3. The van der Waals surface area contributed by atoms with Gasteiger partial charge in [0.15, 0.2) is 14.1 Å². The van der Waals surface area contributed by atoms with Crippen molar-refractivity contribution in [3.8, 4) is 0 Å². The number of amides is 2. The minimum atomic E-state index is -2.04. The Labute approximate surface area is 192 Å². The Morgan fingerprint density at radius 2 is 1.66 bits per heavy atom. The predicted molar refractivity (Wildman–Crippen MR) is 129 cm³/mol. The van der Waals surface area contributed by atoms with Crippen LogP contribution in [-0.4, -0.2) is 48.9 Å². The van der Waals surface area contributed by atoms with Gasteiger partial charge in [-0.15, -0.1) is 0 Å². The zero-order valence-electron chi connectivity index (χ0n) is 20.8. The van der Waals surface area contributed by atoms with Crippen LogP contribution in [0.4, 0.5) is 10.5 Å². The molecule has 3 atom stereocenters. The number of anilines is 1. The Balaban J connectivity index is 2.09. The first-order valence-electron chi connectivity index (χ1n) is 11.1. The lowest BCUT2D eigenvalue weighted by molar-refractivity contribution is -0.139. The molecule has 1 heterocycles. The van der Waals surface area contributed by atoms with Gasteiger partial charge in [-0.3, -0.25) is 14.5 Å². The molecule has 0 aromatic heterocycles. The Kier molecular flexibility index (Phi) is 7.31. The molecular formula is C24H38N2O5Si. The number of benzene rings is 1. The molecule has 0 saturated carbocycles. The molecule has 32 heavy (non-hydrogen) atoms. The Hall–Kier alpha value is -2.19. The molecule has 1 aliphatic rings. The largest absolute Gasteiger partial charge is 0.465 e. The van der Waals surface area contributed by atoms with E-state index in [4.69, 9.17) is 4.43 Å². The highest BCUT2D eigenvalue weighted by atomic mass is 28.4. The van der Waals surface area contributed by atoms with E-state index >= 15 is 0 Å². The molecule has 1 aromatic carbocycles. The quantitative estimate of drug-likeness (QED) is 0.335. The normalized spacial score (nSPS) is 20.2. The van der Waals surface area contributed by atoms with E-state index in [1.165, 1.54) is 4.90 Å². The monoisotopic (exact) mass is 462 g/mol. The SMILES string of the molecule is C[C@@H](O[Si](C)(C)C(C)(C)C)[C@H]1C(=O)N[C@@H]1CC(=O)c1ccc(N(C(=O)O)C(C)(C)C)cc1. The van der Waals surface area contributed by atoms with Gasteiger partial charge in [0.1, 0.15) is 0 Å². The standard InChI is InChI=1S/C24H38N2O5Si/c1-15(31-32(8,9)24(5,6)7)20-18(25-21(20)28)14-19(27)16-10-12-17(13-11-16)26(22(29)30)23(2,3)4/h10-13,15,18,20H,14H2,1-9H3,(H,25,28)(H,29,30)/t15-,18-,20-/m1/s1. The van der Waals surface area contributed by atoms with Crippen LogP contribution in [0.1, 0.15) is 65.2 Å². The van der Waals surface area contributed by atoms with Crippen molar-refractivity contribution in [1.29, 1.82) is 0 Å². The van der Waals surface area contributed by atoms with E-state index in [0.717, 1.165) is 0 Å². The highest BCUT2D eigenvalue weighted by Crippen LogP contribution is 2.39. The van der Waals surface area contributed by atoms with Crippen LogP contribution < -0.4 is 10.2 Å². The average Bonchev–Trinajstić information content (AvgIpc) is 2.58. The maximum atomic E-state index is 12.9. The van der Waals surface area contributed by atoms with Crippen molar-refractivity contribution in [3.63, 3.8) is 0 Å². The molecule has 0 bridgehead atoms. The molecule has 0 spiro atoms. The van der Waals surface area contributed by atoms with E-state index < -0.39 is 19.9 Å². The number of carbonyl (C=O) groups excluding carboxylic acids is 2. The summed E-state index contributed by atoms with van der Waals surface area (Å²) in [5, 5.41) is 12.4. The third-order valence-electron chi connectivity index (χ3n) is 6.57. The zero-order chi connectivity index (χ0) is 24.6. The van der Waals surface area contributed by atoms with Gasteiger partial charge in [-0.25, -0.2) is 4.79 Å². The van der Waals surface area contributed by atoms with Gasteiger partial charge in [-0.05, 0) is 70.1 Å². The van der Waals surface area contributed by atoms with Crippen LogP contribution >= 0.6 is 0 Å². The molecule has 1 aliphatic heterocycles. The topological polar surface area (TPSA) is 95.9 Å². The fourth-order valence-corrected chi connectivity index (χ4v) is 5.22. The van der Waals surface area contributed by atoms with E-state index in [-0.39, 0.29) is 41.2 Å². The van der Waals surface area contributed by atoms with E-state index in [0.29, 0.717) is 11.3 Å². The lowest BCUT2D eigenvalue weighted by Crippen LogP contribution is -2.64. The van der Waals surface area contributed by atoms with E-state index in [2.05, 4.69) is 39.2 Å². The smallest absolute Gasteiger partial charge is 0.412 e. The van der Waals surface area contributed by atoms with Crippen molar-refractivity contribution in [2.24, 2.45) is 5.92 Å². The zero-order valence-corrected chi connectivity index (χ0v) is 21.8. The summed E-state index contributed by atoms with van der Waals surface area (Å²) in [5.41, 5.74) is 0.389. The number of Topliss-reactive ketones (excluding diaryl/α,β-unsaturated/α-hetero) is 1. The first-order valence-corrected chi connectivity index (χ1v) is 14.0. The molecule has 1 fully saturated rings. The molecule has 0 radical (unpaired) electrons. The van der Waals surface area contributed by atoms with Crippen LogP contribution in [0, 0.1) is 5.92 Å². The minimum Gasteiger partial charge on any atom is -0.465 e. The van der Waals surface area contributed by atoms with Crippen molar-refractivity contribution in [3.05, 3.63) is 29.8 Å². The predicted octanol–water partition coefficient (Wildman–Crippen LogP) is 5.07. The van der Waals surface area contributed by atoms with E-state index in [9.17, 15) is 19.5 Å². The first-order chi connectivity index (χ1) is 14.5. The van der Waals surface area contributed by atoms with Crippen molar-refractivity contribution in [2.45, 2.75) is 90.7 Å². The summed E-state index contributed by atoms with van der Waals surface area (Å²) in [4.78, 5) is 38.1. The molecular weight excluding hydrogens is 424 g/mol. The van der Waals surface area contributed by atoms with E-state index in [1.807, 2.05) is 27.7 Å². The number of carboxylic acid groups (broad SMARTS) is 1. The van der Waals surface area contributed by atoms with Gasteiger partial charge in [0.05, 0.1) is 18.1 Å². The highest BCUT2D eigenvalue weighted by Gasteiger charge is 2.47. The van der Waals surface area contributed by atoms with E-state index in [1.54, 1.807) is 24.3 Å². The van der Waals surface area contributed by atoms with Crippen molar-refractivity contribution in [1.82, 2.24) is 5.32 Å². The van der Waals surface area contributed by atoms with Gasteiger partial charge in [0, 0.05) is 23.2 Å². The molecule has 8 heteroatoms. The number of hydrogen-bond acceptors (Lipinski definition) is 4. The number of ketones is 1. The highest BCUT2D eigenvalue weighted by molar-refractivity contribution is 6.74. The molecule has 2 amide bonds. The Bertz CT molecular complexity index is 868. The Morgan fingerprint density at radius 1 is 1.12 bits per heavy atom. The van der Waals surface area contributed by atoms with Crippen LogP contribution in [-0.2, 0) is 9.22 Å². The second-order valence-electron chi connectivity index (χ2n) is 11.2. The van der Waals surface area contributed by atoms with Gasteiger partial charge in [-0.1, -0.05) is 20.8 Å². The van der Waals surface area contributed by atoms with Gasteiger partial charge in [0.25, 0.3) is 0 Å². The van der Waals surface area contributed by atoms with Crippen molar-refractivity contribution >= 4 is 31.8 Å².